The van der Waals surface area contributed by atoms with Crippen LogP contribution in [-0.4, -0.2) is 15.9 Å². The van der Waals surface area contributed by atoms with Crippen LogP contribution in [0.25, 0.3) is 0 Å². The van der Waals surface area contributed by atoms with Gasteiger partial charge in [0.2, 0.25) is 5.91 Å². The van der Waals surface area contributed by atoms with Crippen molar-refractivity contribution in [2.24, 2.45) is 0 Å². The highest BCUT2D eigenvalue weighted by Gasteiger charge is 2.18. The van der Waals surface area contributed by atoms with Crippen molar-refractivity contribution in [2.45, 2.75) is 25.7 Å². The highest BCUT2D eigenvalue weighted by atomic mass is 32.1. The van der Waals surface area contributed by atoms with Crippen molar-refractivity contribution in [3.05, 3.63) is 40.0 Å². The number of rotatable bonds is 3. The van der Waals surface area contributed by atoms with Gasteiger partial charge in [0.05, 0.1) is 6.42 Å². The first-order valence-electron chi connectivity index (χ1n) is 5.98. The van der Waals surface area contributed by atoms with Crippen LogP contribution >= 0.6 is 11.3 Å². The predicted molar refractivity (Wildman–Crippen MR) is 70.7 cm³/mol. The van der Waals surface area contributed by atoms with Crippen LogP contribution in [0.4, 0.5) is 5.82 Å². The van der Waals surface area contributed by atoms with Gasteiger partial charge in [-0.25, -0.2) is 9.97 Å². The van der Waals surface area contributed by atoms with Crippen LogP contribution < -0.4 is 5.32 Å². The number of nitrogens with one attached hydrogen (secondary N) is 1. The van der Waals surface area contributed by atoms with Gasteiger partial charge in [0, 0.05) is 16.1 Å². The minimum Gasteiger partial charge on any atom is -0.310 e. The summed E-state index contributed by atoms with van der Waals surface area (Å²) in [5, 5.41) is 4.87. The van der Waals surface area contributed by atoms with Gasteiger partial charge in [-0.3, -0.25) is 4.79 Å². The lowest BCUT2D eigenvalue weighted by Crippen LogP contribution is -2.16. The summed E-state index contributed by atoms with van der Waals surface area (Å²) in [5.74, 6) is 0.685. The molecule has 0 spiro atoms. The smallest absolute Gasteiger partial charge is 0.230 e. The summed E-state index contributed by atoms with van der Waals surface area (Å²) in [6.45, 7) is 0. The molecule has 0 fully saturated rings. The zero-order valence-corrected chi connectivity index (χ0v) is 10.7. The molecule has 2 aromatic heterocycles. The average Bonchev–Trinajstić information content (AvgIpc) is 2.99. The number of hydrogen-bond donors (Lipinski definition) is 1. The van der Waals surface area contributed by atoms with Crippen LogP contribution in [-0.2, 0) is 24.1 Å². The molecule has 18 heavy (non-hydrogen) atoms. The monoisotopic (exact) mass is 259 g/mol. The van der Waals surface area contributed by atoms with Crippen molar-refractivity contribution in [1.82, 2.24) is 9.97 Å². The lowest BCUT2D eigenvalue weighted by atomic mass is 10.2. The summed E-state index contributed by atoms with van der Waals surface area (Å²) < 4.78 is 0. The second kappa shape index (κ2) is 4.86. The van der Waals surface area contributed by atoms with Gasteiger partial charge in [-0.15, -0.1) is 11.3 Å². The fourth-order valence-corrected chi connectivity index (χ4v) is 2.92. The van der Waals surface area contributed by atoms with Crippen molar-refractivity contribution in [2.75, 3.05) is 5.32 Å². The van der Waals surface area contributed by atoms with E-state index in [1.54, 1.807) is 11.3 Å². The standard InChI is InChI=1S/C13H13N3OS/c17-12(7-9-3-2-6-18-9)16-13-10-4-1-5-11(10)14-8-15-13/h2-3,6,8H,1,4-5,7H2,(H,14,15,16,17). The van der Waals surface area contributed by atoms with Crippen LogP contribution in [0.2, 0.25) is 0 Å². The molecule has 1 amide bonds. The van der Waals surface area contributed by atoms with E-state index in [1.165, 1.54) is 6.33 Å². The van der Waals surface area contributed by atoms with Crippen molar-refractivity contribution in [3.8, 4) is 0 Å². The number of carbonyl (C=O) groups is 1. The summed E-state index contributed by atoms with van der Waals surface area (Å²) in [6.07, 6.45) is 5.00. The number of thiophene rings is 1. The molecule has 0 aliphatic heterocycles. The maximum absolute atomic E-state index is 11.9. The van der Waals surface area contributed by atoms with Gasteiger partial charge >= 0.3 is 0 Å². The van der Waals surface area contributed by atoms with E-state index in [0.717, 1.165) is 35.4 Å². The molecule has 2 heterocycles. The molecule has 0 unspecified atom stereocenters. The Balaban J connectivity index is 1.73. The molecular weight excluding hydrogens is 246 g/mol. The van der Waals surface area contributed by atoms with E-state index in [9.17, 15) is 4.79 Å². The molecule has 0 saturated carbocycles. The van der Waals surface area contributed by atoms with Gasteiger partial charge in [-0.1, -0.05) is 6.07 Å². The Labute approximate surface area is 109 Å². The molecule has 0 radical (unpaired) electrons. The largest absolute Gasteiger partial charge is 0.310 e. The summed E-state index contributed by atoms with van der Waals surface area (Å²) in [5.41, 5.74) is 2.19. The second-order valence-electron chi connectivity index (χ2n) is 4.31. The lowest BCUT2D eigenvalue weighted by Gasteiger charge is -2.07. The van der Waals surface area contributed by atoms with E-state index in [2.05, 4.69) is 15.3 Å². The molecule has 1 N–H and O–H groups in total. The Morgan fingerprint density at radius 2 is 2.33 bits per heavy atom. The molecule has 4 nitrogen and oxygen atoms in total. The van der Waals surface area contributed by atoms with Gasteiger partial charge in [-0.05, 0) is 30.7 Å². The summed E-state index contributed by atoms with van der Waals surface area (Å²) >= 11 is 1.59. The zero-order valence-electron chi connectivity index (χ0n) is 9.85. The molecule has 2 aromatic rings. The third-order valence-corrected chi connectivity index (χ3v) is 3.92. The van der Waals surface area contributed by atoms with Crippen molar-refractivity contribution < 1.29 is 4.79 Å². The molecule has 0 aromatic carbocycles. The Bertz CT molecular complexity index is 566. The molecule has 5 heteroatoms. The Kier molecular flexibility index (Phi) is 3.06. The maximum atomic E-state index is 11.9. The van der Waals surface area contributed by atoms with Gasteiger partial charge in [0.25, 0.3) is 0 Å². The summed E-state index contributed by atoms with van der Waals surface area (Å²) in [6, 6.07) is 3.92. The predicted octanol–water partition coefficient (Wildman–Crippen LogP) is 2.21. The van der Waals surface area contributed by atoms with E-state index >= 15 is 0 Å². The Hall–Kier alpha value is -1.75. The summed E-state index contributed by atoms with van der Waals surface area (Å²) in [7, 11) is 0. The number of aromatic nitrogens is 2. The van der Waals surface area contributed by atoms with Crippen molar-refractivity contribution >= 4 is 23.1 Å². The van der Waals surface area contributed by atoms with Gasteiger partial charge < -0.3 is 5.32 Å². The minimum atomic E-state index is -0.00903. The second-order valence-corrected chi connectivity index (χ2v) is 5.34. The molecule has 92 valence electrons. The normalized spacial score (nSPS) is 13.3. The van der Waals surface area contributed by atoms with Crippen molar-refractivity contribution in [1.29, 1.82) is 0 Å². The van der Waals surface area contributed by atoms with Gasteiger partial charge in [-0.2, -0.15) is 0 Å². The van der Waals surface area contributed by atoms with E-state index in [1.807, 2.05) is 17.5 Å². The molecule has 1 aliphatic carbocycles. The number of aryl methyl sites for hydroxylation is 1. The first-order valence-corrected chi connectivity index (χ1v) is 6.86. The third-order valence-electron chi connectivity index (χ3n) is 3.05. The van der Waals surface area contributed by atoms with E-state index in [4.69, 9.17) is 0 Å². The molecule has 0 saturated heterocycles. The lowest BCUT2D eigenvalue weighted by molar-refractivity contribution is -0.115. The number of anilines is 1. The number of amides is 1. The third kappa shape index (κ3) is 2.26. The number of hydrogen-bond acceptors (Lipinski definition) is 4. The highest BCUT2D eigenvalue weighted by molar-refractivity contribution is 7.10. The van der Waals surface area contributed by atoms with Crippen LogP contribution in [0.1, 0.15) is 22.6 Å². The van der Waals surface area contributed by atoms with Crippen LogP contribution in [0.5, 0.6) is 0 Å². The zero-order chi connectivity index (χ0) is 12.4. The number of nitrogens with zero attached hydrogens (tertiary/aromatic N) is 2. The Morgan fingerprint density at radius 3 is 3.17 bits per heavy atom. The van der Waals surface area contributed by atoms with Gasteiger partial charge in [0.15, 0.2) is 0 Å². The quantitative estimate of drug-likeness (QED) is 0.919. The molecule has 0 bridgehead atoms. The number of carbonyl (C=O) groups excluding carboxylic acids is 1. The van der Waals surface area contributed by atoms with E-state index < -0.39 is 0 Å². The highest BCUT2D eigenvalue weighted by Crippen LogP contribution is 2.25. The topological polar surface area (TPSA) is 54.9 Å². The SMILES string of the molecule is O=C(Cc1cccs1)Nc1ncnc2c1CCC2. The average molecular weight is 259 g/mol. The van der Waals surface area contributed by atoms with Gasteiger partial charge in [0.1, 0.15) is 12.1 Å². The van der Waals surface area contributed by atoms with E-state index in [0.29, 0.717) is 12.2 Å². The minimum absolute atomic E-state index is 0.00903. The first-order chi connectivity index (χ1) is 8.83. The van der Waals surface area contributed by atoms with Crippen molar-refractivity contribution in [3.63, 3.8) is 0 Å². The van der Waals surface area contributed by atoms with E-state index in [-0.39, 0.29) is 5.91 Å². The Morgan fingerprint density at radius 1 is 1.39 bits per heavy atom. The van der Waals surface area contributed by atoms with Crippen LogP contribution in [0, 0.1) is 0 Å². The first kappa shape index (κ1) is 11.3. The van der Waals surface area contributed by atoms with Crippen LogP contribution in [0.15, 0.2) is 23.8 Å². The fourth-order valence-electron chi connectivity index (χ4n) is 2.21. The maximum Gasteiger partial charge on any atom is 0.230 e. The number of fused-ring (bicyclic) bond motifs is 1. The molecule has 3 rings (SSSR count). The summed E-state index contributed by atoms with van der Waals surface area (Å²) in [4.78, 5) is 21.4. The molecule has 0 atom stereocenters. The fraction of sp³-hybridized carbons (Fsp3) is 0.308. The molecular formula is C13H13N3OS. The van der Waals surface area contributed by atoms with Crippen LogP contribution in [0.3, 0.4) is 0 Å². The molecule has 1 aliphatic rings.